The Bertz CT molecular complexity index is 1210. The Labute approximate surface area is 177 Å². The van der Waals surface area contributed by atoms with E-state index in [0.29, 0.717) is 28.5 Å². The lowest BCUT2D eigenvalue weighted by Gasteiger charge is -2.10. The van der Waals surface area contributed by atoms with Crippen LogP contribution in [0.1, 0.15) is 16.1 Å². The van der Waals surface area contributed by atoms with Gasteiger partial charge in [0.2, 0.25) is 0 Å². The van der Waals surface area contributed by atoms with Crippen LogP contribution in [0.25, 0.3) is 5.78 Å². The second-order valence-electron chi connectivity index (χ2n) is 6.36. The van der Waals surface area contributed by atoms with Gasteiger partial charge in [-0.05, 0) is 55.5 Å². The maximum atomic E-state index is 12.6. The molecule has 152 valence electrons. The van der Waals surface area contributed by atoms with Crippen LogP contribution < -0.4 is 14.8 Å². The van der Waals surface area contributed by atoms with Crippen LogP contribution in [-0.2, 0) is 0 Å². The van der Waals surface area contributed by atoms with Crippen LogP contribution in [0.15, 0.2) is 64.8 Å². The van der Waals surface area contributed by atoms with E-state index >= 15 is 0 Å². The van der Waals surface area contributed by atoms with Gasteiger partial charge in [-0.2, -0.15) is 14.6 Å². The molecule has 0 aliphatic heterocycles. The lowest BCUT2D eigenvalue weighted by Crippen LogP contribution is -2.12. The summed E-state index contributed by atoms with van der Waals surface area (Å²) in [5.41, 5.74) is 2.04. The molecule has 30 heavy (non-hydrogen) atoms. The average molecular weight is 421 g/mol. The van der Waals surface area contributed by atoms with Crippen molar-refractivity contribution in [3.8, 4) is 11.5 Å². The minimum atomic E-state index is -0.231. The first kappa shape index (κ1) is 19.7. The SMILES string of the molecule is COc1ccc(C(=O)Nc2ccc(Sc3cc(C)nc4ncnn34)cc2)cc1OC. The number of carbonyl (C=O) groups is 1. The van der Waals surface area contributed by atoms with E-state index in [1.807, 2.05) is 37.3 Å². The molecule has 0 unspecified atom stereocenters. The Morgan fingerprint density at radius 2 is 1.80 bits per heavy atom. The monoisotopic (exact) mass is 421 g/mol. The van der Waals surface area contributed by atoms with Crippen LogP contribution in [0.5, 0.6) is 11.5 Å². The number of benzene rings is 2. The number of aromatic nitrogens is 4. The van der Waals surface area contributed by atoms with Crippen molar-refractivity contribution < 1.29 is 14.3 Å². The zero-order chi connectivity index (χ0) is 21.1. The molecule has 0 fully saturated rings. The normalized spacial score (nSPS) is 10.8. The van der Waals surface area contributed by atoms with Crippen LogP contribution in [0.4, 0.5) is 5.69 Å². The number of amides is 1. The number of methoxy groups -OCH3 is 2. The third kappa shape index (κ3) is 4.06. The summed E-state index contributed by atoms with van der Waals surface area (Å²) in [5.74, 6) is 1.41. The minimum absolute atomic E-state index is 0.231. The Morgan fingerprint density at radius 3 is 2.53 bits per heavy atom. The highest BCUT2D eigenvalue weighted by Crippen LogP contribution is 2.30. The van der Waals surface area contributed by atoms with Crippen LogP contribution in [0.3, 0.4) is 0 Å². The van der Waals surface area contributed by atoms with Crippen LogP contribution in [0.2, 0.25) is 0 Å². The van der Waals surface area contributed by atoms with Gasteiger partial charge in [-0.3, -0.25) is 4.79 Å². The number of hydrogen-bond donors (Lipinski definition) is 1. The molecule has 0 saturated heterocycles. The van der Waals surface area contributed by atoms with Gasteiger partial charge in [-0.1, -0.05) is 11.8 Å². The molecule has 2 aromatic heterocycles. The number of ether oxygens (including phenoxy) is 2. The lowest BCUT2D eigenvalue weighted by molar-refractivity contribution is 0.102. The maximum absolute atomic E-state index is 12.6. The molecule has 9 heteroatoms. The summed E-state index contributed by atoms with van der Waals surface area (Å²) in [6.07, 6.45) is 1.48. The fourth-order valence-corrected chi connectivity index (χ4v) is 3.84. The van der Waals surface area contributed by atoms with E-state index in [9.17, 15) is 4.79 Å². The number of fused-ring (bicyclic) bond motifs is 1. The third-order valence-corrected chi connectivity index (χ3v) is 5.34. The summed E-state index contributed by atoms with van der Waals surface area (Å²) in [7, 11) is 3.09. The van der Waals surface area contributed by atoms with E-state index in [1.165, 1.54) is 13.4 Å². The van der Waals surface area contributed by atoms with Gasteiger partial charge in [0.05, 0.1) is 14.2 Å². The second-order valence-corrected chi connectivity index (χ2v) is 7.45. The Balaban J connectivity index is 1.48. The molecule has 0 spiro atoms. The molecule has 4 rings (SSSR count). The molecular weight excluding hydrogens is 402 g/mol. The van der Waals surface area contributed by atoms with Crippen molar-refractivity contribution in [2.24, 2.45) is 0 Å². The number of carbonyl (C=O) groups excluding carboxylic acids is 1. The van der Waals surface area contributed by atoms with Crippen LogP contribution in [-0.4, -0.2) is 39.7 Å². The lowest BCUT2D eigenvalue weighted by atomic mass is 10.2. The fourth-order valence-electron chi connectivity index (χ4n) is 2.88. The molecule has 0 aliphatic rings. The van der Waals surface area contributed by atoms with Gasteiger partial charge in [0.1, 0.15) is 11.4 Å². The number of aryl methyl sites for hydroxylation is 1. The van der Waals surface area contributed by atoms with Gasteiger partial charge in [0.15, 0.2) is 11.5 Å². The third-order valence-electron chi connectivity index (χ3n) is 4.33. The number of nitrogens with zero attached hydrogens (tertiary/aromatic N) is 4. The second kappa shape index (κ2) is 8.42. The summed E-state index contributed by atoms with van der Waals surface area (Å²) in [6, 6.07) is 14.6. The van der Waals surface area contributed by atoms with Crippen molar-refractivity contribution in [3.63, 3.8) is 0 Å². The minimum Gasteiger partial charge on any atom is -0.493 e. The smallest absolute Gasteiger partial charge is 0.255 e. The zero-order valence-corrected chi connectivity index (χ0v) is 17.4. The van der Waals surface area contributed by atoms with Crippen molar-refractivity contribution in [2.45, 2.75) is 16.8 Å². The summed E-state index contributed by atoms with van der Waals surface area (Å²) < 4.78 is 12.2. The molecule has 2 aromatic carbocycles. The highest BCUT2D eigenvalue weighted by molar-refractivity contribution is 7.99. The molecule has 0 saturated carbocycles. The van der Waals surface area contributed by atoms with Gasteiger partial charge in [-0.15, -0.1) is 0 Å². The predicted octanol–water partition coefficient (Wildman–Crippen LogP) is 3.85. The number of nitrogens with one attached hydrogen (secondary N) is 1. The molecule has 0 atom stereocenters. The largest absolute Gasteiger partial charge is 0.493 e. The quantitative estimate of drug-likeness (QED) is 0.473. The molecule has 8 nitrogen and oxygen atoms in total. The molecule has 0 radical (unpaired) electrons. The van der Waals surface area contributed by atoms with Gasteiger partial charge >= 0.3 is 0 Å². The van der Waals surface area contributed by atoms with E-state index in [2.05, 4.69) is 20.4 Å². The van der Waals surface area contributed by atoms with E-state index in [4.69, 9.17) is 9.47 Å². The average Bonchev–Trinajstić information content (AvgIpc) is 3.23. The predicted molar refractivity (Wildman–Crippen MR) is 114 cm³/mol. The molecule has 0 bridgehead atoms. The highest BCUT2D eigenvalue weighted by Gasteiger charge is 2.12. The molecule has 4 aromatic rings. The topological polar surface area (TPSA) is 90.6 Å². The maximum Gasteiger partial charge on any atom is 0.255 e. The van der Waals surface area contributed by atoms with Gasteiger partial charge in [0.25, 0.3) is 11.7 Å². The van der Waals surface area contributed by atoms with Crippen molar-refractivity contribution >= 4 is 29.1 Å². The number of hydrogen-bond acceptors (Lipinski definition) is 7. The van der Waals surface area contributed by atoms with Crippen LogP contribution >= 0.6 is 11.8 Å². The summed E-state index contributed by atoms with van der Waals surface area (Å²) >= 11 is 1.55. The zero-order valence-electron chi connectivity index (χ0n) is 16.6. The van der Waals surface area contributed by atoms with Crippen molar-refractivity contribution in [1.82, 2.24) is 19.6 Å². The van der Waals surface area contributed by atoms with E-state index in [1.54, 1.807) is 41.6 Å². The number of anilines is 1. The molecule has 1 N–H and O–H groups in total. The molecular formula is C21H19N5O3S. The Morgan fingerprint density at radius 1 is 1.03 bits per heavy atom. The molecule has 0 aliphatic carbocycles. The summed E-state index contributed by atoms with van der Waals surface area (Å²) in [6.45, 7) is 1.92. The van der Waals surface area contributed by atoms with Crippen LogP contribution in [0, 0.1) is 6.92 Å². The van der Waals surface area contributed by atoms with Crippen molar-refractivity contribution in [1.29, 1.82) is 0 Å². The fraction of sp³-hybridized carbons (Fsp3) is 0.143. The van der Waals surface area contributed by atoms with E-state index in [-0.39, 0.29) is 5.91 Å². The summed E-state index contributed by atoms with van der Waals surface area (Å²) in [4.78, 5) is 22.1. The van der Waals surface area contributed by atoms with Gasteiger partial charge < -0.3 is 14.8 Å². The van der Waals surface area contributed by atoms with Gasteiger partial charge in [-0.25, -0.2) is 4.98 Å². The Kier molecular flexibility index (Phi) is 5.53. The molecule has 1 amide bonds. The van der Waals surface area contributed by atoms with Crippen molar-refractivity contribution in [3.05, 3.63) is 66.1 Å². The molecule has 2 heterocycles. The van der Waals surface area contributed by atoms with E-state index in [0.717, 1.165) is 15.6 Å². The Hall–Kier alpha value is -3.59. The first-order valence-electron chi connectivity index (χ1n) is 9.06. The first-order valence-corrected chi connectivity index (χ1v) is 9.87. The summed E-state index contributed by atoms with van der Waals surface area (Å²) in [5, 5.41) is 8.02. The first-order chi connectivity index (χ1) is 14.6. The standard InChI is InChI=1S/C21H19N5O3S/c1-13-10-19(26-21(24-13)22-12-23-26)30-16-7-5-15(6-8-16)25-20(27)14-4-9-17(28-2)18(11-14)29-3/h4-12H,1-3H3,(H,25,27). The van der Waals surface area contributed by atoms with Crippen molar-refractivity contribution in [2.75, 3.05) is 19.5 Å². The van der Waals surface area contributed by atoms with Gasteiger partial charge in [0, 0.05) is 21.8 Å². The van der Waals surface area contributed by atoms with E-state index < -0.39 is 0 Å². The number of rotatable bonds is 6. The highest BCUT2D eigenvalue weighted by atomic mass is 32.2.